The number of ether oxygens (including phenoxy) is 1. The van der Waals surface area contributed by atoms with E-state index in [2.05, 4.69) is 10.8 Å². The fourth-order valence-corrected chi connectivity index (χ4v) is 1.59. The zero-order valence-electron chi connectivity index (χ0n) is 10.9. The summed E-state index contributed by atoms with van der Waals surface area (Å²) in [4.78, 5) is 13.0. The van der Waals surface area contributed by atoms with Crippen molar-refractivity contribution in [1.82, 2.24) is 0 Å². The lowest BCUT2D eigenvalue weighted by molar-refractivity contribution is -0.118. The van der Waals surface area contributed by atoms with Crippen LogP contribution in [0.2, 0.25) is 0 Å². The summed E-state index contributed by atoms with van der Waals surface area (Å²) in [5.74, 6) is 0.216. The maximum absolute atomic E-state index is 11.3. The second kappa shape index (κ2) is 8.73. The number of aliphatic hydroxyl groups excluding tert-OH is 1. The van der Waals surface area contributed by atoms with E-state index in [1.807, 2.05) is 25.2 Å². The van der Waals surface area contributed by atoms with Gasteiger partial charge in [-0.2, -0.15) is 0 Å². The van der Waals surface area contributed by atoms with Crippen molar-refractivity contribution in [2.75, 3.05) is 33.3 Å². The summed E-state index contributed by atoms with van der Waals surface area (Å²) >= 11 is 0. The van der Waals surface area contributed by atoms with E-state index in [9.17, 15) is 4.79 Å². The van der Waals surface area contributed by atoms with E-state index in [1.165, 1.54) is 5.56 Å². The van der Waals surface area contributed by atoms with Crippen LogP contribution in [0.1, 0.15) is 12.0 Å². The van der Waals surface area contributed by atoms with Crippen LogP contribution in [-0.2, 0) is 16.0 Å². The van der Waals surface area contributed by atoms with Gasteiger partial charge in [0.15, 0.2) is 0 Å². The summed E-state index contributed by atoms with van der Waals surface area (Å²) in [7, 11) is 6.08. The standard InChI is InChI=1S/C10H11NO.C2H6O.CH4O/c1-11-9-5-3-2-4-8(9)6-7-10(11)12;1-3-2;1-2/h2-5H,6-7H2,1H3;1-2H3;2H,1H3. The molecule has 1 heterocycles. The van der Waals surface area contributed by atoms with Crippen LogP contribution in [0, 0.1) is 0 Å². The van der Waals surface area contributed by atoms with Crippen molar-refractivity contribution < 1.29 is 14.6 Å². The van der Waals surface area contributed by atoms with Gasteiger partial charge in [0.2, 0.25) is 5.91 Å². The van der Waals surface area contributed by atoms with E-state index < -0.39 is 0 Å². The van der Waals surface area contributed by atoms with Gasteiger partial charge in [0.1, 0.15) is 0 Å². The van der Waals surface area contributed by atoms with Crippen molar-refractivity contribution in [3.05, 3.63) is 29.8 Å². The molecule has 0 aromatic heterocycles. The molecule has 4 nitrogen and oxygen atoms in total. The van der Waals surface area contributed by atoms with Gasteiger partial charge in [0.25, 0.3) is 0 Å². The smallest absolute Gasteiger partial charge is 0.227 e. The summed E-state index contributed by atoms with van der Waals surface area (Å²) in [6, 6.07) is 8.06. The molecule has 0 saturated carbocycles. The van der Waals surface area contributed by atoms with Gasteiger partial charge in [-0.05, 0) is 18.1 Å². The van der Waals surface area contributed by atoms with Gasteiger partial charge >= 0.3 is 0 Å². The molecule has 0 fully saturated rings. The molecule has 0 saturated heterocycles. The number of rotatable bonds is 0. The number of methoxy groups -OCH3 is 1. The van der Waals surface area contributed by atoms with Gasteiger partial charge in [-0.1, -0.05) is 18.2 Å². The molecule has 0 spiro atoms. The second-order valence-corrected chi connectivity index (χ2v) is 3.49. The van der Waals surface area contributed by atoms with Crippen LogP contribution in [0.25, 0.3) is 0 Å². The number of nitrogens with zero attached hydrogens (tertiary/aromatic N) is 1. The fourth-order valence-electron chi connectivity index (χ4n) is 1.59. The fraction of sp³-hybridized carbons (Fsp3) is 0.462. The summed E-state index contributed by atoms with van der Waals surface area (Å²) in [5.41, 5.74) is 2.34. The normalized spacial score (nSPS) is 12.8. The summed E-state index contributed by atoms with van der Waals surface area (Å²) < 4.78 is 4.25. The number of carbonyl (C=O) groups is 1. The molecule has 1 aromatic rings. The van der Waals surface area contributed by atoms with E-state index in [-0.39, 0.29) is 5.91 Å². The molecular formula is C13H21NO3. The number of aliphatic hydroxyl groups is 1. The number of hydrogen-bond acceptors (Lipinski definition) is 3. The maximum Gasteiger partial charge on any atom is 0.227 e. The largest absolute Gasteiger partial charge is 0.400 e. The monoisotopic (exact) mass is 239 g/mol. The van der Waals surface area contributed by atoms with Crippen molar-refractivity contribution >= 4 is 11.6 Å². The van der Waals surface area contributed by atoms with Crippen molar-refractivity contribution in [2.45, 2.75) is 12.8 Å². The molecule has 0 atom stereocenters. The molecule has 17 heavy (non-hydrogen) atoms. The van der Waals surface area contributed by atoms with E-state index in [4.69, 9.17) is 5.11 Å². The molecule has 0 aliphatic carbocycles. The molecule has 1 aliphatic heterocycles. The topological polar surface area (TPSA) is 49.8 Å². The van der Waals surface area contributed by atoms with Crippen LogP contribution < -0.4 is 4.90 Å². The lowest BCUT2D eigenvalue weighted by Crippen LogP contribution is -2.30. The first-order valence-electron chi connectivity index (χ1n) is 5.40. The van der Waals surface area contributed by atoms with E-state index in [0.717, 1.165) is 19.2 Å². The third-order valence-electron chi connectivity index (χ3n) is 2.34. The first-order chi connectivity index (χ1) is 8.20. The lowest BCUT2D eigenvalue weighted by atomic mass is 10.0. The quantitative estimate of drug-likeness (QED) is 0.746. The minimum Gasteiger partial charge on any atom is -0.400 e. The Morgan fingerprint density at radius 3 is 2.29 bits per heavy atom. The van der Waals surface area contributed by atoms with Crippen LogP contribution in [0.4, 0.5) is 5.69 Å². The van der Waals surface area contributed by atoms with Crippen LogP contribution in [0.5, 0.6) is 0 Å². The zero-order chi connectivity index (χ0) is 13.3. The number of aryl methyl sites for hydroxylation is 1. The Hall–Kier alpha value is -1.39. The lowest BCUT2D eigenvalue weighted by Gasteiger charge is -2.25. The molecule has 1 aliphatic rings. The Balaban J connectivity index is 0.000000450. The van der Waals surface area contributed by atoms with Gasteiger partial charge in [-0.15, -0.1) is 0 Å². The molecule has 4 heteroatoms. The van der Waals surface area contributed by atoms with Crippen molar-refractivity contribution in [1.29, 1.82) is 0 Å². The zero-order valence-corrected chi connectivity index (χ0v) is 10.9. The molecule has 0 bridgehead atoms. The highest BCUT2D eigenvalue weighted by Gasteiger charge is 2.19. The third kappa shape index (κ3) is 4.54. The maximum atomic E-state index is 11.3. The Morgan fingerprint density at radius 2 is 1.71 bits per heavy atom. The SMILES string of the molecule is CN1C(=O)CCc2ccccc21.CO.COC. The number of benzene rings is 1. The first kappa shape index (κ1) is 15.6. The molecule has 1 amide bonds. The van der Waals surface area contributed by atoms with E-state index in [1.54, 1.807) is 19.1 Å². The molecule has 96 valence electrons. The molecular weight excluding hydrogens is 218 g/mol. The Labute approximate surface area is 103 Å². The van der Waals surface area contributed by atoms with Crippen LogP contribution in [0.15, 0.2) is 24.3 Å². The highest BCUT2D eigenvalue weighted by atomic mass is 16.4. The van der Waals surface area contributed by atoms with Gasteiger partial charge in [-0.25, -0.2) is 0 Å². The number of fused-ring (bicyclic) bond motifs is 1. The van der Waals surface area contributed by atoms with Crippen LogP contribution >= 0.6 is 0 Å². The van der Waals surface area contributed by atoms with Crippen LogP contribution in [-0.4, -0.2) is 39.4 Å². The predicted molar refractivity (Wildman–Crippen MR) is 69.2 cm³/mol. The first-order valence-corrected chi connectivity index (χ1v) is 5.40. The summed E-state index contributed by atoms with van der Waals surface area (Å²) in [6.45, 7) is 0. The summed E-state index contributed by atoms with van der Waals surface area (Å²) in [6.07, 6.45) is 1.53. The van der Waals surface area contributed by atoms with E-state index >= 15 is 0 Å². The average Bonchev–Trinajstić information content (AvgIpc) is 2.38. The molecule has 0 radical (unpaired) electrons. The van der Waals surface area contributed by atoms with Crippen molar-refractivity contribution in [3.8, 4) is 0 Å². The molecule has 1 aromatic carbocycles. The van der Waals surface area contributed by atoms with Crippen LogP contribution in [0.3, 0.4) is 0 Å². The molecule has 1 N–H and O–H groups in total. The Morgan fingerprint density at radius 1 is 1.18 bits per heavy atom. The highest BCUT2D eigenvalue weighted by Crippen LogP contribution is 2.25. The van der Waals surface area contributed by atoms with Crippen molar-refractivity contribution in [2.24, 2.45) is 0 Å². The predicted octanol–water partition coefficient (Wildman–Crippen LogP) is 1.47. The number of anilines is 1. The average molecular weight is 239 g/mol. The Kier molecular flexibility index (Phi) is 8.01. The molecule has 2 rings (SSSR count). The number of para-hydroxylation sites is 1. The second-order valence-electron chi connectivity index (χ2n) is 3.49. The number of hydrogen-bond donors (Lipinski definition) is 1. The van der Waals surface area contributed by atoms with Gasteiger partial charge in [0, 0.05) is 40.5 Å². The number of carbonyl (C=O) groups excluding carboxylic acids is 1. The Bertz CT molecular complexity index is 339. The molecule has 0 unspecified atom stereocenters. The van der Waals surface area contributed by atoms with Gasteiger partial charge < -0.3 is 14.7 Å². The van der Waals surface area contributed by atoms with Crippen molar-refractivity contribution in [3.63, 3.8) is 0 Å². The van der Waals surface area contributed by atoms with Gasteiger partial charge in [-0.3, -0.25) is 4.79 Å². The minimum atomic E-state index is 0.216. The third-order valence-corrected chi connectivity index (χ3v) is 2.34. The highest BCUT2D eigenvalue weighted by molar-refractivity contribution is 5.95. The summed E-state index contributed by atoms with van der Waals surface area (Å²) in [5, 5.41) is 7.00. The number of amides is 1. The van der Waals surface area contributed by atoms with E-state index in [0.29, 0.717) is 6.42 Å². The van der Waals surface area contributed by atoms with Gasteiger partial charge in [0.05, 0.1) is 0 Å². The minimum absolute atomic E-state index is 0.216.